The molecule has 0 saturated heterocycles. The number of nitrogens with one attached hydrogen (secondary N) is 2. The van der Waals surface area contributed by atoms with Crippen LogP contribution in [0, 0.1) is 6.92 Å². The lowest BCUT2D eigenvalue weighted by molar-refractivity contribution is -0.542. The third-order valence-corrected chi connectivity index (χ3v) is 0.697. The van der Waals surface area contributed by atoms with Gasteiger partial charge in [0.1, 0.15) is 0 Å². The highest BCUT2D eigenvalue weighted by atomic mass is 15.0. The van der Waals surface area contributed by atoms with Crippen LogP contribution in [0.3, 0.4) is 0 Å². The van der Waals surface area contributed by atoms with Crippen molar-refractivity contribution in [1.82, 2.24) is 4.98 Å². The number of hydrogen-bond donors (Lipinski definition) is 0. The Morgan fingerprint density at radius 3 is 2.86 bits per heavy atom. The number of nitrogens with zero attached hydrogens (tertiary/aromatic N) is 1. The van der Waals surface area contributed by atoms with E-state index in [1.54, 1.807) is 12.7 Å². The average molecular weight is 97.1 g/mol. The fourth-order valence-corrected chi connectivity index (χ4v) is 0.355. The van der Waals surface area contributed by atoms with Gasteiger partial charge in [-0.1, -0.05) is 0 Å². The van der Waals surface area contributed by atoms with Gasteiger partial charge in [0.05, 0.1) is 11.9 Å². The smallest absolute Gasteiger partial charge is 0.176 e. The molecule has 0 bridgehead atoms. The van der Waals surface area contributed by atoms with Crippen LogP contribution in [0.15, 0.2) is 12.7 Å². The summed E-state index contributed by atoms with van der Waals surface area (Å²) >= 11 is 0. The Morgan fingerprint density at radius 1 is 1.71 bits per heavy atom. The summed E-state index contributed by atoms with van der Waals surface area (Å²) in [5.74, 6) is 0.916. The van der Waals surface area contributed by atoms with E-state index in [-0.39, 0.29) is 0 Å². The molecule has 0 spiro atoms. The van der Waals surface area contributed by atoms with E-state index in [0.29, 0.717) is 0 Å². The van der Waals surface area contributed by atoms with E-state index in [4.69, 9.17) is 0 Å². The molecule has 0 atom stereocenters. The number of aromatic nitrogens is 3. The van der Waals surface area contributed by atoms with E-state index >= 15 is 0 Å². The van der Waals surface area contributed by atoms with E-state index in [2.05, 4.69) is 15.0 Å². The minimum Gasteiger partial charge on any atom is -0.176 e. The molecular weight excluding hydrogens is 90.1 g/mol. The van der Waals surface area contributed by atoms with Crippen molar-refractivity contribution < 1.29 is 9.97 Å². The largest absolute Gasteiger partial charge is 0.364 e. The third-order valence-electron chi connectivity index (χ3n) is 0.697. The summed E-state index contributed by atoms with van der Waals surface area (Å²) < 4.78 is 0. The molecule has 0 unspecified atom stereocenters. The van der Waals surface area contributed by atoms with Gasteiger partial charge in [-0.15, -0.1) is 0 Å². The van der Waals surface area contributed by atoms with Crippen molar-refractivity contribution in [3.05, 3.63) is 18.5 Å². The van der Waals surface area contributed by atoms with Gasteiger partial charge in [-0.3, -0.25) is 0 Å². The Kier molecular flexibility index (Phi) is 0.978. The molecule has 0 aliphatic heterocycles. The second-order valence-electron chi connectivity index (χ2n) is 1.30. The molecule has 1 aromatic heterocycles. The molecule has 0 amide bonds. The van der Waals surface area contributed by atoms with Crippen LogP contribution in [-0.2, 0) is 0 Å². The van der Waals surface area contributed by atoms with Gasteiger partial charge in [0, 0.05) is 0 Å². The van der Waals surface area contributed by atoms with E-state index in [1.165, 1.54) is 0 Å². The highest BCUT2D eigenvalue weighted by Crippen LogP contribution is 1.63. The first kappa shape index (κ1) is 4.18. The summed E-state index contributed by atoms with van der Waals surface area (Å²) in [4.78, 5) is 9.50. The molecule has 0 aliphatic rings. The van der Waals surface area contributed by atoms with Gasteiger partial charge >= 0.3 is 18.5 Å². The first-order valence-corrected chi connectivity index (χ1v) is 2.10. The van der Waals surface area contributed by atoms with Crippen molar-refractivity contribution in [3.8, 4) is 0 Å². The standard InChI is InChI=1S/C4H5N3/c1-4-6-2-5-3-7-4/h2-3H,1H3/p+2. The zero-order valence-corrected chi connectivity index (χ0v) is 4.10. The Balaban J connectivity index is 3.02. The number of H-pyrrole nitrogens is 2. The monoisotopic (exact) mass is 97.1 g/mol. The SMILES string of the molecule is Cc1nc[nH+]c[nH+]1. The zero-order chi connectivity index (χ0) is 5.11. The molecule has 0 radical (unpaired) electrons. The highest BCUT2D eigenvalue weighted by molar-refractivity contribution is 4.56. The molecule has 0 aromatic carbocycles. The van der Waals surface area contributed by atoms with E-state index < -0.39 is 0 Å². The van der Waals surface area contributed by atoms with Gasteiger partial charge in [-0.05, 0) is 0 Å². The number of aromatic amines is 2. The fourth-order valence-electron chi connectivity index (χ4n) is 0.355. The summed E-state index contributed by atoms with van der Waals surface area (Å²) in [5, 5.41) is 0. The van der Waals surface area contributed by atoms with Gasteiger partial charge in [0.15, 0.2) is 0 Å². The molecule has 0 saturated carbocycles. The zero-order valence-electron chi connectivity index (χ0n) is 4.10. The van der Waals surface area contributed by atoms with Crippen molar-refractivity contribution in [2.45, 2.75) is 6.92 Å². The Labute approximate surface area is 41.5 Å². The minimum atomic E-state index is 0.916. The molecule has 2 N–H and O–H groups in total. The summed E-state index contributed by atoms with van der Waals surface area (Å²) in [6, 6.07) is 0. The lowest BCUT2D eigenvalue weighted by atomic mass is 10.7. The van der Waals surface area contributed by atoms with Gasteiger partial charge in [0.2, 0.25) is 0 Å². The summed E-state index contributed by atoms with van der Waals surface area (Å²) in [5.41, 5.74) is 0. The molecule has 0 aliphatic carbocycles. The predicted molar refractivity (Wildman–Crippen MR) is 22.1 cm³/mol. The lowest BCUT2D eigenvalue weighted by Crippen LogP contribution is -2.18. The van der Waals surface area contributed by atoms with Crippen LogP contribution >= 0.6 is 0 Å². The second-order valence-corrected chi connectivity index (χ2v) is 1.30. The van der Waals surface area contributed by atoms with Gasteiger partial charge < -0.3 is 0 Å². The molecule has 1 rings (SSSR count). The van der Waals surface area contributed by atoms with Crippen LogP contribution < -0.4 is 9.97 Å². The van der Waals surface area contributed by atoms with E-state index in [0.717, 1.165) is 5.82 Å². The summed E-state index contributed by atoms with van der Waals surface area (Å²) in [6.07, 6.45) is 3.36. The first-order chi connectivity index (χ1) is 3.39. The maximum absolute atomic E-state index is 3.87. The van der Waals surface area contributed by atoms with Crippen molar-refractivity contribution in [2.24, 2.45) is 0 Å². The van der Waals surface area contributed by atoms with Crippen molar-refractivity contribution in [2.75, 3.05) is 0 Å². The van der Waals surface area contributed by atoms with E-state index in [9.17, 15) is 0 Å². The average Bonchev–Trinajstić information content (AvgIpc) is 1.69. The normalized spacial score (nSPS) is 8.71. The fraction of sp³-hybridized carbons (Fsp3) is 0.250. The predicted octanol–water partition coefficient (Wildman–Crippen LogP) is -0.982. The van der Waals surface area contributed by atoms with E-state index in [1.807, 2.05) is 6.92 Å². The molecule has 1 heterocycles. The maximum atomic E-state index is 3.87. The van der Waals surface area contributed by atoms with Gasteiger partial charge in [-0.25, -0.2) is 0 Å². The molecular formula is C4H7N3+2. The molecule has 0 fully saturated rings. The van der Waals surface area contributed by atoms with Crippen LogP contribution in [0.25, 0.3) is 0 Å². The summed E-state index contributed by atoms with van der Waals surface area (Å²) in [7, 11) is 0. The molecule has 7 heavy (non-hydrogen) atoms. The highest BCUT2D eigenvalue weighted by Gasteiger charge is 1.93. The Morgan fingerprint density at radius 2 is 2.57 bits per heavy atom. The molecule has 1 aromatic rings. The van der Waals surface area contributed by atoms with Crippen LogP contribution in [0.2, 0.25) is 0 Å². The molecule has 36 valence electrons. The Hall–Kier alpha value is -0.990. The summed E-state index contributed by atoms with van der Waals surface area (Å²) in [6.45, 7) is 1.90. The van der Waals surface area contributed by atoms with Crippen LogP contribution in [0.1, 0.15) is 5.82 Å². The van der Waals surface area contributed by atoms with Gasteiger partial charge in [-0.2, -0.15) is 9.97 Å². The third kappa shape index (κ3) is 0.924. The molecule has 3 nitrogen and oxygen atoms in total. The number of aryl methyl sites for hydroxylation is 1. The van der Waals surface area contributed by atoms with Crippen molar-refractivity contribution in [3.63, 3.8) is 0 Å². The van der Waals surface area contributed by atoms with Crippen LogP contribution in [-0.4, -0.2) is 4.98 Å². The Bertz CT molecular complexity index is 137. The lowest BCUT2D eigenvalue weighted by Gasteiger charge is -1.64. The van der Waals surface area contributed by atoms with Crippen LogP contribution in [0.4, 0.5) is 0 Å². The topological polar surface area (TPSA) is 41.2 Å². The molecule has 3 heteroatoms. The van der Waals surface area contributed by atoms with Crippen molar-refractivity contribution >= 4 is 0 Å². The minimum absolute atomic E-state index is 0.916. The maximum Gasteiger partial charge on any atom is 0.364 e. The quantitative estimate of drug-likeness (QED) is 0.410. The van der Waals surface area contributed by atoms with Crippen LogP contribution in [0.5, 0.6) is 0 Å². The second kappa shape index (κ2) is 1.64. The number of rotatable bonds is 0. The number of hydrogen-bond acceptors (Lipinski definition) is 1. The van der Waals surface area contributed by atoms with Crippen molar-refractivity contribution in [1.29, 1.82) is 0 Å². The van der Waals surface area contributed by atoms with Gasteiger partial charge in [0.25, 0.3) is 0 Å². The first-order valence-electron chi connectivity index (χ1n) is 2.10.